The van der Waals surface area contributed by atoms with Crippen molar-refractivity contribution in [1.29, 1.82) is 0 Å². The van der Waals surface area contributed by atoms with Crippen LogP contribution in [-0.4, -0.2) is 64.7 Å². The number of carbonyl (C=O) groups is 2. The molecule has 8 heteroatoms. The number of amides is 1. The van der Waals surface area contributed by atoms with E-state index in [0.717, 1.165) is 36.1 Å². The summed E-state index contributed by atoms with van der Waals surface area (Å²) in [7, 11) is 1.65. The van der Waals surface area contributed by atoms with Gasteiger partial charge in [0.05, 0.1) is 6.61 Å². The van der Waals surface area contributed by atoms with Crippen LogP contribution in [0, 0.1) is 0 Å². The first-order valence-corrected chi connectivity index (χ1v) is 12.1. The third-order valence-electron chi connectivity index (χ3n) is 6.36. The Labute approximate surface area is 195 Å². The predicted molar refractivity (Wildman–Crippen MR) is 127 cm³/mol. The van der Waals surface area contributed by atoms with E-state index in [1.165, 1.54) is 18.2 Å². The summed E-state index contributed by atoms with van der Waals surface area (Å²) >= 11 is 1.31. The van der Waals surface area contributed by atoms with Crippen LogP contribution in [0.2, 0.25) is 0 Å². The second kappa shape index (κ2) is 10.4. The summed E-state index contributed by atoms with van der Waals surface area (Å²) in [6.07, 6.45) is 7.10. The van der Waals surface area contributed by atoms with Crippen molar-refractivity contribution >= 4 is 29.9 Å². The van der Waals surface area contributed by atoms with Crippen molar-refractivity contribution in [1.82, 2.24) is 10.2 Å². The van der Waals surface area contributed by atoms with Crippen LogP contribution in [0.5, 0.6) is 0 Å². The van der Waals surface area contributed by atoms with Crippen molar-refractivity contribution in [2.24, 2.45) is 4.99 Å². The SMILES string of the molecule is COCCN1C(c2ccc(SC(C)(C)C(=O)O)cc2)N=CC1(C)C(=O)NC1CCCCC1. The molecule has 32 heavy (non-hydrogen) atoms. The fraction of sp³-hybridized carbons (Fsp3) is 0.625. The maximum absolute atomic E-state index is 13.3. The van der Waals surface area contributed by atoms with Gasteiger partial charge < -0.3 is 15.2 Å². The number of ether oxygens (including phenoxy) is 1. The molecule has 2 atom stereocenters. The average Bonchev–Trinajstić information content (AvgIpc) is 3.10. The van der Waals surface area contributed by atoms with Crippen molar-refractivity contribution in [2.75, 3.05) is 20.3 Å². The number of hydrogen-bond donors (Lipinski definition) is 2. The molecule has 1 saturated carbocycles. The Hall–Kier alpha value is -1.90. The number of carboxylic acids is 1. The zero-order valence-electron chi connectivity index (χ0n) is 19.5. The molecule has 1 aliphatic carbocycles. The molecule has 1 aliphatic heterocycles. The number of carboxylic acid groups (broad SMARTS) is 1. The zero-order valence-corrected chi connectivity index (χ0v) is 20.3. The molecule has 0 bridgehead atoms. The molecule has 1 amide bonds. The Bertz CT molecular complexity index is 836. The summed E-state index contributed by atoms with van der Waals surface area (Å²) in [5.74, 6) is -0.861. The molecule has 2 N–H and O–H groups in total. The predicted octanol–water partition coefficient (Wildman–Crippen LogP) is 3.88. The van der Waals surface area contributed by atoms with Gasteiger partial charge in [0.25, 0.3) is 0 Å². The van der Waals surface area contributed by atoms with Gasteiger partial charge in [-0.2, -0.15) is 0 Å². The molecule has 1 aromatic rings. The van der Waals surface area contributed by atoms with E-state index in [4.69, 9.17) is 9.73 Å². The van der Waals surface area contributed by atoms with Crippen molar-refractivity contribution in [2.45, 2.75) is 80.3 Å². The number of carbonyl (C=O) groups excluding carboxylic acids is 1. The highest BCUT2D eigenvalue weighted by Gasteiger charge is 2.46. The largest absolute Gasteiger partial charge is 0.480 e. The molecule has 0 radical (unpaired) electrons. The fourth-order valence-corrected chi connectivity index (χ4v) is 5.20. The van der Waals surface area contributed by atoms with Crippen LogP contribution in [0.15, 0.2) is 34.2 Å². The quantitative estimate of drug-likeness (QED) is 0.543. The first-order chi connectivity index (χ1) is 15.2. The minimum Gasteiger partial charge on any atom is -0.480 e. The molecule has 1 fully saturated rings. The Kier molecular flexibility index (Phi) is 8.01. The number of aliphatic imine (C=N–C) groups is 1. The van der Waals surface area contributed by atoms with Crippen molar-refractivity contribution in [3.8, 4) is 0 Å². The fourth-order valence-electron chi connectivity index (χ4n) is 4.25. The van der Waals surface area contributed by atoms with Crippen LogP contribution >= 0.6 is 11.8 Å². The summed E-state index contributed by atoms with van der Waals surface area (Å²) in [6, 6.07) is 8.01. The van der Waals surface area contributed by atoms with E-state index in [2.05, 4.69) is 10.2 Å². The lowest BCUT2D eigenvalue weighted by molar-refractivity contribution is -0.138. The highest BCUT2D eigenvalue weighted by atomic mass is 32.2. The van der Waals surface area contributed by atoms with E-state index >= 15 is 0 Å². The molecule has 1 heterocycles. The second-order valence-corrected chi connectivity index (χ2v) is 11.0. The standard InChI is InChI=1S/C24H35N3O4S/c1-23(2,22(29)30)32-19-12-10-17(11-13-19)20-25-16-24(3,27(20)14-15-31-4)21(28)26-18-8-6-5-7-9-18/h10-13,16,18,20H,5-9,14-15H2,1-4H3,(H,26,28)(H,29,30). The molecular weight excluding hydrogens is 426 g/mol. The summed E-state index contributed by atoms with van der Waals surface area (Å²) in [6.45, 7) is 6.37. The molecule has 2 aliphatic rings. The van der Waals surface area contributed by atoms with E-state index in [9.17, 15) is 14.7 Å². The van der Waals surface area contributed by atoms with Crippen LogP contribution in [-0.2, 0) is 14.3 Å². The van der Waals surface area contributed by atoms with Gasteiger partial charge in [-0.3, -0.25) is 19.5 Å². The van der Waals surface area contributed by atoms with Gasteiger partial charge in [-0.1, -0.05) is 31.4 Å². The Morgan fingerprint density at radius 3 is 2.50 bits per heavy atom. The number of nitrogens with zero attached hydrogens (tertiary/aromatic N) is 2. The van der Waals surface area contributed by atoms with Crippen LogP contribution in [0.1, 0.15) is 64.6 Å². The van der Waals surface area contributed by atoms with Crippen LogP contribution < -0.4 is 5.32 Å². The van der Waals surface area contributed by atoms with Gasteiger partial charge in [0.2, 0.25) is 5.91 Å². The maximum atomic E-state index is 13.3. The molecular formula is C24H35N3O4S. The number of methoxy groups -OCH3 is 1. The number of thioether (sulfide) groups is 1. The summed E-state index contributed by atoms with van der Waals surface area (Å²) in [4.78, 5) is 32.4. The van der Waals surface area contributed by atoms with Crippen molar-refractivity contribution in [3.05, 3.63) is 29.8 Å². The van der Waals surface area contributed by atoms with Gasteiger partial charge in [0, 0.05) is 30.8 Å². The highest BCUT2D eigenvalue weighted by Crippen LogP contribution is 2.37. The molecule has 3 rings (SSSR count). The van der Waals surface area contributed by atoms with Gasteiger partial charge in [0.1, 0.15) is 16.5 Å². The van der Waals surface area contributed by atoms with Crippen LogP contribution in [0.25, 0.3) is 0 Å². The molecule has 0 aromatic heterocycles. The number of nitrogens with one attached hydrogen (secondary N) is 1. The maximum Gasteiger partial charge on any atom is 0.319 e. The van der Waals surface area contributed by atoms with E-state index in [1.807, 2.05) is 31.2 Å². The Balaban J connectivity index is 1.76. The first kappa shape index (κ1) is 24.7. The second-order valence-electron chi connectivity index (χ2n) is 9.28. The number of hydrogen-bond acceptors (Lipinski definition) is 6. The van der Waals surface area contributed by atoms with Crippen LogP contribution in [0.3, 0.4) is 0 Å². The van der Waals surface area contributed by atoms with Gasteiger partial charge in [-0.25, -0.2) is 0 Å². The minimum absolute atomic E-state index is 0.0119. The van der Waals surface area contributed by atoms with Crippen molar-refractivity contribution in [3.63, 3.8) is 0 Å². The van der Waals surface area contributed by atoms with E-state index in [-0.39, 0.29) is 18.1 Å². The van der Waals surface area contributed by atoms with Gasteiger partial charge in [0.15, 0.2) is 0 Å². The lowest BCUT2D eigenvalue weighted by Gasteiger charge is -2.37. The number of benzene rings is 1. The first-order valence-electron chi connectivity index (χ1n) is 11.3. The zero-order chi connectivity index (χ0) is 23.4. The third kappa shape index (κ3) is 5.53. The summed E-state index contributed by atoms with van der Waals surface area (Å²) in [5.41, 5.74) is 0.114. The Morgan fingerprint density at radius 2 is 1.91 bits per heavy atom. The molecule has 1 aromatic carbocycles. The van der Waals surface area contributed by atoms with Gasteiger partial charge >= 0.3 is 5.97 Å². The highest BCUT2D eigenvalue weighted by molar-refractivity contribution is 8.01. The van der Waals surface area contributed by atoms with E-state index in [0.29, 0.717) is 13.2 Å². The Morgan fingerprint density at radius 1 is 1.25 bits per heavy atom. The van der Waals surface area contributed by atoms with Gasteiger partial charge in [-0.15, -0.1) is 11.8 Å². The normalized spacial score (nSPS) is 24.6. The number of rotatable bonds is 9. The minimum atomic E-state index is -0.909. The molecule has 0 saturated heterocycles. The lowest BCUT2D eigenvalue weighted by atomic mass is 9.93. The topological polar surface area (TPSA) is 91.2 Å². The smallest absolute Gasteiger partial charge is 0.319 e. The average molecular weight is 462 g/mol. The van der Waals surface area contributed by atoms with Gasteiger partial charge in [-0.05, 0) is 51.3 Å². The summed E-state index contributed by atoms with van der Waals surface area (Å²) < 4.78 is 4.41. The van der Waals surface area contributed by atoms with Crippen molar-refractivity contribution < 1.29 is 19.4 Å². The molecule has 0 spiro atoms. The van der Waals surface area contributed by atoms with E-state index < -0.39 is 16.3 Å². The van der Waals surface area contributed by atoms with E-state index in [1.54, 1.807) is 27.2 Å². The molecule has 7 nitrogen and oxygen atoms in total. The third-order valence-corrected chi connectivity index (χ3v) is 7.55. The lowest BCUT2D eigenvalue weighted by Crippen LogP contribution is -2.58. The summed E-state index contributed by atoms with van der Waals surface area (Å²) in [5, 5.41) is 12.6. The number of aliphatic carboxylic acids is 1. The molecule has 2 unspecified atom stereocenters. The monoisotopic (exact) mass is 461 g/mol. The van der Waals surface area contributed by atoms with Crippen LogP contribution in [0.4, 0.5) is 0 Å². The molecule has 176 valence electrons.